The Balaban J connectivity index is 1.83. The van der Waals surface area contributed by atoms with Gasteiger partial charge in [-0.3, -0.25) is 0 Å². The van der Waals surface area contributed by atoms with Crippen LogP contribution in [0.1, 0.15) is 6.42 Å². The number of aliphatic hydroxyl groups excluding tert-OH is 1. The molecule has 0 saturated carbocycles. The van der Waals surface area contributed by atoms with Gasteiger partial charge in [-0.1, -0.05) is 11.6 Å². The molecule has 2 saturated heterocycles. The van der Waals surface area contributed by atoms with Crippen LogP contribution in [0, 0.1) is 0 Å². The molecule has 0 aromatic carbocycles. The van der Waals surface area contributed by atoms with Gasteiger partial charge in [0, 0.05) is 32.2 Å². The molecule has 2 aliphatic rings. The number of halogens is 1. The molecule has 0 bridgehead atoms. The third-order valence-electron chi connectivity index (χ3n) is 3.45. The number of hydrogen-bond donors (Lipinski definition) is 1. The second kappa shape index (κ2) is 5.48. The van der Waals surface area contributed by atoms with Crippen LogP contribution in [0.2, 0.25) is 5.15 Å². The minimum absolute atomic E-state index is 0.297. The van der Waals surface area contributed by atoms with Crippen LogP contribution in [-0.2, 0) is 4.74 Å². The Hall–Kier alpha value is -1.11. The van der Waals surface area contributed by atoms with E-state index in [1.54, 1.807) is 6.07 Å². The largest absolute Gasteiger partial charge is 0.391 e. The summed E-state index contributed by atoms with van der Waals surface area (Å²) in [4.78, 5) is 12.9. The number of aromatic nitrogens is 2. The van der Waals surface area contributed by atoms with Crippen LogP contribution >= 0.6 is 11.6 Å². The van der Waals surface area contributed by atoms with Gasteiger partial charge in [0.15, 0.2) is 0 Å². The Bertz CT molecular complexity index is 430. The molecule has 1 N–H and O–H groups in total. The summed E-state index contributed by atoms with van der Waals surface area (Å²) >= 11 is 6.09. The summed E-state index contributed by atoms with van der Waals surface area (Å²) in [6.07, 6.45) is 0.456. The van der Waals surface area contributed by atoms with Crippen molar-refractivity contribution < 1.29 is 9.84 Å². The fourth-order valence-electron chi connectivity index (χ4n) is 2.41. The van der Waals surface area contributed by atoms with Gasteiger partial charge in [-0.2, -0.15) is 4.98 Å². The van der Waals surface area contributed by atoms with Gasteiger partial charge in [0.25, 0.3) is 0 Å². The zero-order chi connectivity index (χ0) is 13.2. The summed E-state index contributed by atoms with van der Waals surface area (Å²) in [7, 11) is 0. The van der Waals surface area contributed by atoms with Crippen LogP contribution in [0.15, 0.2) is 6.07 Å². The highest BCUT2D eigenvalue weighted by molar-refractivity contribution is 6.29. The van der Waals surface area contributed by atoms with Gasteiger partial charge < -0.3 is 19.6 Å². The van der Waals surface area contributed by atoms with Gasteiger partial charge >= 0.3 is 0 Å². The molecule has 2 fully saturated rings. The highest BCUT2D eigenvalue weighted by Crippen LogP contribution is 2.23. The average Bonchev–Trinajstić information content (AvgIpc) is 2.86. The van der Waals surface area contributed by atoms with E-state index < -0.39 is 0 Å². The van der Waals surface area contributed by atoms with Crippen LogP contribution < -0.4 is 9.80 Å². The quantitative estimate of drug-likeness (QED) is 0.800. The maximum Gasteiger partial charge on any atom is 0.228 e. The van der Waals surface area contributed by atoms with Gasteiger partial charge in [-0.25, -0.2) is 4.98 Å². The number of anilines is 2. The number of ether oxygens (including phenoxy) is 1. The Kier molecular flexibility index (Phi) is 3.72. The van der Waals surface area contributed by atoms with Crippen LogP contribution in [0.5, 0.6) is 0 Å². The smallest absolute Gasteiger partial charge is 0.228 e. The van der Waals surface area contributed by atoms with Gasteiger partial charge in [0.1, 0.15) is 11.0 Å². The molecule has 0 amide bonds. The lowest BCUT2D eigenvalue weighted by atomic mass is 10.3. The summed E-state index contributed by atoms with van der Waals surface area (Å²) < 4.78 is 5.33. The van der Waals surface area contributed by atoms with Gasteiger partial charge in [0.05, 0.1) is 19.3 Å². The van der Waals surface area contributed by atoms with E-state index >= 15 is 0 Å². The predicted molar refractivity (Wildman–Crippen MR) is 72.9 cm³/mol. The third kappa shape index (κ3) is 2.91. The van der Waals surface area contributed by atoms with Crippen molar-refractivity contribution in [1.29, 1.82) is 0 Å². The number of β-amino-alcohol motifs (C(OH)–C–C–N with tert-alkyl or cyclic N) is 1. The van der Waals surface area contributed by atoms with E-state index in [2.05, 4.69) is 14.9 Å². The predicted octanol–water partition coefficient (Wildman–Crippen LogP) is 0.538. The zero-order valence-corrected chi connectivity index (χ0v) is 11.4. The molecule has 7 heteroatoms. The van der Waals surface area contributed by atoms with E-state index in [9.17, 15) is 5.11 Å². The summed E-state index contributed by atoms with van der Waals surface area (Å²) in [6, 6.07) is 1.78. The van der Waals surface area contributed by atoms with Gasteiger partial charge in [-0.05, 0) is 6.42 Å². The molecular weight excluding hydrogens is 268 g/mol. The van der Waals surface area contributed by atoms with E-state index in [1.807, 2.05) is 4.90 Å². The number of morpholine rings is 1. The zero-order valence-electron chi connectivity index (χ0n) is 10.6. The topological polar surface area (TPSA) is 61.7 Å². The first-order chi connectivity index (χ1) is 9.22. The van der Waals surface area contributed by atoms with Crippen LogP contribution in [0.3, 0.4) is 0 Å². The molecule has 0 unspecified atom stereocenters. The maximum absolute atomic E-state index is 9.59. The molecule has 1 aromatic rings. The summed E-state index contributed by atoms with van der Waals surface area (Å²) in [5, 5.41) is 10.0. The molecule has 3 heterocycles. The SMILES string of the molecule is O[C@@H]1CCN(c2nc(Cl)cc(N3CCOCC3)n2)C1. The molecule has 104 valence electrons. The second-order valence-corrected chi connectivity index (χ2v) is 5.22. The first-order valence-electron chi connectivity index (χ1n) is 6.52. The van der Waals surface area contributed by atoms with Crippen molar-refractivity contribution >= 4 is 23.4 Å². The standard InChI is InChI=1S/C12H17ClN4O2/c13-10-7-11(16-3-5-19-6-4-16)15-12(14-10)17-2-1-9(18)8-17/h7,9,18H,1-6,8H2/t9-/m1/s1. The van der Waals surface area contributed by atoms with Crippen LogP contribution in [0.25, 0.3) is 0 Å². The Morgan fingerprint density at radius 1 is 1.21 bits per heavy atom. The average molecular weight is 285 g/mol. The van der Waals surface area contributed by atoms with Crippen molar-refractivity contribution in [2.24, 2.45) is 0 Å². The minimum atomic E-state index is -0.297. The summed E-state index contributed by atoms with van der Waals surface area (Å²) in [5.74, 6) is 1.44. The van der Waals surface area contributed by atoms with Crippen molar-refractivity contribution in [3.8, 4) is 0 Å². The molecule has 1 aromatic heterocycles. The number of nitrogens with zero attached hydrogens (tertiary/aromatic N) is 4. The molecule has 1 atom stereocenters. The van der Waals surface area contributed by atoms with E-state index in [1.165, 1.54) is 0 Å². The minimum Gasteiger partial charge on any atom is -0.391 e. The van der Waals surface area contributed by atoms with E-state index in [4.69, 9.17) is 16.3 Å². The van der Waals surface area contributed by atoms with E-state index in [0.29, 0.717) is 30.9 Å². The second-order valence-electron chi connectivity index (χ2n) is 4.84. The number of aliphatic hydroxyl groups is 1. The molecule has 0 radical (unpaired) electrons. The highest BCUT2D eigenvalue weighted by Gasteiger charge is 2.24. The Morgan fingerprint density at radius 3 is 2.68 bits per heavy atom. The van der Waals surface area contributed by atoms with E-state index in [-0.39, 0.29) is 6.10 Å². The molecule has 3 rings (SSSR count). The molecule has 0 spiro atoms. The molecule has 6 nitrogen and oxygen atoms in total. The third-order valence-corrected chi connectivity index (χ3v) is 3.64. The first kappa shape index (κ1) is 12.9. The van der Waals surface area contributed by atoms with E-state index in [0.717, 1.165) is 31.9 Å². The van der Waals surface area contributed by atoms with Crippen molar-refractivity contribution in [3.63, 3.8) is 0 Å². The first-order valence-corrected chi connectivity index (χ1v) is 6.90. The van der Waals surface area contributed by atoms with Crippen molar-refractivity contribution in [3.05, 3.63) is 11.2 Å². The van der Waals surface area contributed by atoms with Crippen molar-refractivity contribution in [2.45, 2.75) is 12.5 Å². The lowest BCUT2D eigenvalue weighted by Gasteiger charge is -2.28. The number of hydrogen-bond acceptors (Lipinski definition) is 6. The Morgan fingerprint density at radius 2 is 2.00 bits per heavy atom. The van der Waals surface area contributed by atoms with Crippen LogP contribution in [-0.4, -0.2) is 60.6 Å². The highest BCUT2D eigenvalue weighted by atomic mass is 35.5. The summed E-state index contributed by atoms with van der Waals surface area (Å²) in [5.41, 5.74) is 0. The molecule has 0 aliphatic carbocycles. The monoisotopic (exact) mass is 284 g/mol. The van der Waals surface area contributed by atoms with Crippen LogP contribution in [0.4, 0.5) is 11.8 Å². The molecule has 19 heavy (non-hydrogen) atoms. The van der Waals surface area contributed by atoms with Gasteiger partial charge in [0.2, 0.25) is 5.95 Å². The normalized spacial score (nSPS) is 24.0. The lowest BCUT2D eigenvalue weighted by Crippen LogP contribution is -2.37. The molecular formula is C12H17ClN4O2. The fourth-order valence-corrected chi connectivity index (χ4v) is 2.59. The number of rotatable bonds is 2. The van der Waals surface area contributed by atoms with Crippen molar-refractivity contribution in [1.82, 2.24) is 9.97 Å². The summed E-state index contributed by atoms with van der Waals surface area (Å²) in [6.45, 7) is 4.39. The lowest BCUT2D eigenvalue weighted by molar-refractivity contribution is 0.122. The fraction of sp³-hybridized carbons (Fsp3) is 0.667. The van der Waals surface area contributed by atoms with Crippen molar-refractivity contribution in [2.75, 3.05) is 49.2 Å². The van der Waals surface area contributed by atoms with Gasteiger partial charge in [-0.15, -0.1) is 0 Å². The maximum atomic E-state index is 9.59. The molecule has 2 aliphatic heterocycles. The Labute approximate surface area is 117 Å².